The normalized spacial score (nSPS) is 15.9. The van der Waals surface area contributed by atoms with Crippen molar-refractivity contribution in [3.63, 3.8) is 0 Å². The number of halogens is 2. The van der Waals surface area contributed by atoms with Gasteiger partial charge in [-0.3, -0.25) is 9.47 Å². The zero-order valence-corrected chi connectivity index (χ0v) is 10.9. The molecule has 0 atom stereocenters. The van der Waals surface area contributed by atoms with Crippen LogP contribution in [0.25, 0.3) is 0 Å². The van der Waals surface area contributed by atoms with Gasteiger partial charge < -0.3 is 5.11 Å². The van der Waals surface area contributed by atoms with Crippen LogP contribution in [0.4, 0.5) is 8.78 Å². The third-order valence-electron chi connectivity index (χ3n) is 2.82. The van der Waals surface area contributed by atoms with Gasteiger partial charge in [-0.25, -0.2) is 13.5 Å². The first-order chi connectivity index (χ1) is 8.52. The van der Waals surface area contributed by atoms with Crippen LogP contribution < -0.4 is 0 Å². The van der Waals surface area contributed by atoms with E-state index in [1.54, 1.807) is 7.05 Å². The molecule has 0 radical (unpaired) electrons. The van der Waals surface area contributed by atoms with Crippen molar-refractivity contribution < 1.29 is 13.9 Å². The minimum absolute atomic E-state index is 0.189. The Morgan fingerprint density at radius 2 is 2.22 bits per heavy atom. The average molecular weight is 278 g/mol. The van der Waals surface area contributed by atoms with E-state index in [4.69, 9.17) is 12.2 Å². The highest BCUT2D eigenvalue weighted by atomic mass is 32.1. The van der Waals surface area contributed by atoms with Crippen molar-refractivity contribution in [2.24, 2.45) is 0 Å². The molecule has 0 bridgehead atoms. The first-order valence-electron chi connectivity index (χ1n) is 5.78. The van der Waals surface area contributed by atoms with Crippen molar-refractivity contribution in [1.82, 2.24) is 19.2 Å². The number of rotatable bonds is 6. The molecular weight excluding hydrogens is 262 g/mol. The molecule has 8 heteroatoms. The van der Waals surface area contributed by atoms with Crippen molar-refractivity contribution in [2.45, 2.75) is 38.6 Å². The Morgan fingerprint density at radius 3 is 2.72 bits per heavy atom. The first-order valence-corrected chi connectivity index (χ1v) is 6.19. The molecule has 1 N–H and O–H groups in total. The van der Waals surface area contributed by atoms with Crippen LogP contribution in [0.2, 0.25) is 0 Å². The van der Waals surface area contributed by atoms with Gasteiger partial charge in [-0.15, -0.1) is 0 Å². The third kappa shape index (κ3) is 2.93. The molecule has 0 saturated heterocycles. The van der Waals surface area contributed by atoms with Crippen LogP contribution in [0.5, 0.6) is 0 Å². The fourth-order valence-corrected chi connectivity index (χ4v) is 2.24. The zero-order chi connectivity index (χ0) is 13.3. The Kier molecular flexibility index (Phi) is 4.08. The van der Waals surface area contributed by atoms with Gasteiger partial charge in [0.2, 0.25) is 0 Å². The summed E-state index contributed by atoms with van der Waals surface area (Å²) < 4.78 is 28.3. The smallest absolute Gasteiger partial charge is 0.251 e. The highest BCUT2D eigenvalue weighted by molar-refractivity contribution is 7.71. The number of aliphatic hydroxyl groups excluding tert-OH is 1. The fraction of sp³-hybridized carbons (Fsp3) is 0.800. The van der Waals surface area contributed by atoms with Crippen LogP contribution in [0, 0.1) is 4.77 Å². The topological polar surface area (TPSA) is 46.2 Å². The van der Waals surface area contributed by atoms with E-state index in [1.807, 2.05) is 4.57 Å². The van der Waals surface area contributed by atoms with E-state index in [1.165, 1.54) is 9.58 Å². The zero-order valence-electron chi connectivity index (χ0n) is 10.1. The maximum atomic E-state index is 12.2. The Balaban J connectivity index is 2.16. The molecule has 1 heterocycles. The van der Waals surface area contributed by atoms with Gasteiger partial charge in [-0.1, -0.05) is 0 Å². The van der Waals surface area contributed by atoms with Gasteiger partial charge in [0.05, 0.1) is 13.2 Å². The standard InChI is InChI=1S/C10H16F2N4OS/c1-14(4-8(11)12)6-15-10(18)16(7-2-3-7)9(5-17)13-15/h7-8,17H,2-6H2,1H3. The Morgan fingerprint density at radius 1 is 1.56 bits per heavy atom. The van der Waals surface area contributed by atoms with Crippen molar-refractivity contribution in [2.75, 3.05) is 13.6 Å². The lowest BCUT2D eigenvalue weighted by molar-refractivity contribution is 0.0845. The molecular formula is C10H16F2N4OS. The van der Waals surface area contributed by atoms with Gasteiger partial charge in [0.15, 0.2) is 10.6 Å². The quantitative estimate of drug-likeness (QED) is 0.799. The van der Waals surface area contributed by atoms with Gasteiger partial charge in [0.1, 0.15) is 6.61 Å². The molecule has 1 aromatic rings. The molecule has 0 spiro atoms. The summed E-state index contributed by atoms with van der Waals surface area (Å²) in [6.07, 6.45) is -0.327. The maximum absolute atomic E-state index is 12.2. The maximum Gasteiger partial charge on any atom is 0.251 e. The summed E-state index contributed by atoms with van der Waals surface area (Å²) in [6.45, 7) is -0.311. The predicted octanol–water partition coefficient (Wildman–Crippen LogP) is 1.40. The molecule has 0 amide bonds. The Labute approximate surface area is 109 Å². The van der Waals surface area contributed by atoms with Crippen LogP contribution >= 0.6 is 12.2 Å². The van der Waals surface area contributed by atoms with E-state index in [9.17, 15) is 13.9 Å². The first kappa shape index (κ1) is 13.6. The van der Waals surface area contributed by atoms with Gasteiger partial charge in [0, 0.05) is 6.04 Å². The van der Waals surface area contributed by atoms with Crippen LogP contribution in [0.1, 0.15) is 24.7 Å². The summed E-state index contributed by atoms with van der Waals surface area (Å²) >= 11 is 5.27. The summed E-state index contributed by atoms with van der Waals surface area (Å²) in [7, 11) is 1.59. The van der Waals surface area contributed by atoms with E-state index in [0.29, 0.717) is 16.6 Å². The minimum atomic E-state index is -2.38. The van der Waals surface area contributed by atoms with Gasteiger partial charge in [0.25, 0.3) is 6.43 Å². The highest BCUT2D eigenvalue weighted by Crippen LogP contribution is 2.36. The van der Waals surface area contributed by atoms with Crippen LogP contribution in [-0.4, -0.2) is 44.4 Å². The average Bonchev–Trinajstić information content (AvgIpc) is 3.05. The van der Waals surface area contributed by atoms with Crippen molar-refractivity contribution in [3.8, 4) is 0 Å². The molecule has 102 valence electrons. The van der Waals surface area contributed by atoms with Crippen LogP contribution in [0.15, 0.2) is 0 Å². The third-order valence-corrected chi connectivity index (χ3v) is 3.23. The number of aliphatic hydroxyl groups is 1. The van der Waals surface area contributed by atoms with Crippen molar-refractivity contribution in [3.05, 3.63) is 10.6 Å². The Hall–Kier alpha value is -0.860. The fourth-order valence-electron chi connectivity index (χ4n) is 1.89. The highest BCUT2D eigenvalue weighted by Gasteiger charge is 2.28. The van der Waals surface area contributed by atoms with Gasteiger partial charge in [-0.2, -0.15) is 5.10 Å². The van der Waals surface area contributed by atoms with E-state index in [0.717, 1.165) is 12.8 Å². The van der Waals surface area contributed by atoms with E-state index < -0.39 is 6.43 Å². The largest absolute Gasteiger partial charge is 0.388 e. The molecule has 1 aliphatic carbocycles. The van der Waals surface area contributed by atoms with E-state index in [-0.39, 0.29) is 19.8 Å². The molecule has 2 rings (SSSR count). The molecule has 18 heavy (non-hydrogen) atoms. The molecule has 0 aromatic carbocycles. The van der Waals surface area contributed by atoms with E-state index >= 15 is 0 Å². The van der Waals surface area contributed by atoms with E-state index in [2.05, 4.69) is 5.10 Å². The number of aromatic nitrogens is 3. The summed E-state index contributed by atoms with van der Waals surface area (Å²) in [6, 6.07) is 0.314. The predicted molar refractivity (Wildman–Crippen MR) is 63.9 cm³/mol. The second-order valence-electron chi connectivity index (χ2n) is 4.53. The number of nitrogens with zero attached hydrogens (tertiary/aromatic N) is 4. The molecule has 5 nitrogen and oxygen atoms in total. The van der Waals surface area contributed by atoms with Crippen LogP contribution in [-0.2, 0) is 13.3 Å². The van der Waals surface area contributed by atoms with Crippen LogP contribution in [0.3, 0.4) is 0 Å². The van der Waals surface area contributed by atoms with Gasteiger partial charge >= 0.3 is 0 Å². The summed E-state index contributed by atoms with van der Waals surface area (Å²) in [5.74, 6) is 0.507. The molecule has 0 aliphatic heterocycles. The summed E-state index contributed by atoms with van der Waals surface area (Å²) in [5, 5.41) is 13.4. The second-order valence-corrected chi connectivity index (χ2v) is 4.89. The molecule has 1 aliphatic rings. The lowest BCUT2D eigenvalue weighted by Crippen LogP contribution is -2.27. The van der Waals surface area contributed by atoms with Crippen molar-refractivity contribution >= 4 is 12.2 Å². The molecule has 1 aromatic heterocycles. The second kappa shape index (κ2) is 5.41. The SMILES string of the molecule is CN(CC(F)F)Cn1nc(CO)n(C2CC2)c1=S. The number of alkyl halides is 2. The van der Waals surface area contributed by atoms with Gasteiger partial charge in [-0.05, 0) is 32.1 Å². The lowest BCUT2D eigenvalue weighted by atomic mass is 10.6. The van der Waals surface area contributed by atoms with Crippen molar-refractivity contribution in [1.29, 1.82) is 0 Å². The number of hydrogen-bond acceptors (Lipinski definition) is 4. The number of hydrogen-bond donors (Lipinski definition) is 1. The summed E-state index contributed by atoms with van der Waals surface area (Å²) in [5.41, 5.74) is 0. The minimum Gasteiger partial charge on any atom is -0.388 e. The molecule has 0 unspecified atom stereocenters. The molecule has 1 saturated carbocycles. The summed E-state index contributed by atoms with van der Waals surface area (Å²) in [4.78, 5) is 1.45. The molecule has 1 fully saturated rings. The monoisotopic (exact) mass is 278 g/mol. The Bertz CT molecular complexity index is 469. The lowest BCUT2D eigenvalue weighted by Gasteiger charge is -2.15.